The zero-order chi connectivity index (χ0) is 14.3. The van der Waals surface area contributed by atoms with Crippen LogP contribution in [0.25, 0.3) is 0 Å². The van der Waals surface area contributed by atoms with Gasteiger partial charge in [0.1, 0.15) is 5.82 Å². The molecule has 0 fully saturated rings. The van der Waals surface area contributed by atoms with Crippen LogP contribution in [0.15, 0.2) is 24.3 Å². The van der Waals surface area contributed by atoms with E-state index in [2.05, 4.69) is 10.2 Å². The average Bonchev–Trinajstić information content (AvgIpc) is 2.42. The van der Waals surface area contributed by atoms with Crippen LogP contribution >= 0.6 is 0 Å². The fourth-order valence-electron chi connectivity index (χ4n) is 2.05. The summed E-state index contributed by atoms with van der Waals surface area (Å²) in [5, 5.41) is 12.5. The summed E-state index contributed by atoms with van der Waals surface area (Å²) in [5.41, 5.74) is 0.979. The molecule has 0 spiro atoms. The van der Waals surface area contributed by atoms with Crippen molar-refractivity contribution >= 4 is 0 Å². The van der Waals surface area contributed by atoms with E-state index >= 15 is 0 Å². The first-order valence-corrected chi connectivity index (χ1v) is 6.88. The van der Waals surface area contributed by atoms with E-state index < -0.39 is 0 Å². The number of nitrogens with zero attached hydrogens (tertiary/aromatic N) is 1. The summed E-state index contributed by atoms with van der Waals surface area (Å²) in [7, 11) is 2.00. The maximum absolute atomic E-state index is 13.3. The monoisotopic (exact) mass is 268 g/mol. The van der Waals surface area contributed by atoms with Crippen molar-refractivity contribution < 1.29 is 9.50 Å². The van der Waals surface area contributed by atoms with Gasteiger partial charge in [0.15, 0.2) is 0 Å². The van der Waals surface area contributed by atoms with Crippen LogP contribution in [0.1, 0.15) is 31.9 Å². The fraction of sp³-hybridized carbons (Fsp3) is 0.600. The lowest BCUT2D eigenvalue weighted by atomic mass is 10.0. The molecule has 1 aromatic carbocycles. The maximum Gasteiger partial charge on any atom is 0.123 e. The highest BCUT2D eigenvalue weighted by Gasteiger charge is 2.14. The Morgan fingerprint density at radius 1 is 1.42 bits per heavy atom. The van der Waals surface area contributed by atoms with Gasteiger partial charge in [-0.05, 0) is 44.6 Å². The van der Waals surface area contributed by atoms with Gasteiger partial charge in [-0.15, -0.1) is 0 Å². The lowest BCUT2D eigenvalue weighted by Gasteiger charge is -2.26. The van der Waals surface area contributed by atoms with E-state index in [-0.39, 0.29) is 24.5 Å². The molecule has 0 aromatic heterocycles. The number of nitrogens with one attached hydrogen (secondary N) is 1. The highest BCUT2D eigenvalue weighted by atomic mass is 19.1. The van der Waals surface area contributed by atoms with E-state index in [0.29, 0.717) is 0 Å². The Balaban J connectivity index is 2.63. The van der Waals surface area contributed by atoms with E-state index in [4.69, 9.17) is 5.11 Å². The predicted octanol–water partition coefficient (Wildman–Crippen LogP) is 2.18. The second-order valence-electron chi connectivity index (χ2n) is 4.97. The highest BCUT2D eigenvalue weighted by Crippen LogP contribution is 2.18. The Labute approximate surface area is 115 Å². The number of aliphatic hydroxyl groups is 1. The number of benzene rings is 1. The molecule has 0 aliphatic heterocycles. The van der Waals surface area contributed by atoms with E-state index in [1.165, 1.54) is 6.07 Å². The van der Waals surface area contributed by atoms with Crippen molar-refractivity contribution in [1.29, 1.82) is 0 Å². The molecular weight excluding hydrogens is 243 g/mol. The van der Waals surface area contributed by atoms with Gasteiger partial charge in [-0.25, -0.2) is 4.39 Å². The minimum atomic E-state index is -0.197. The molecular formula is C15H25FN2O. The minimum Gasteiger partial charge on any atom is -0.395 e. The number of hydrogen-bond acceptors (Lipinski definition) is 3. The Bertz CT molecular complexity index is 373. The first kappa shape index (κ1) is 16.1. The summed E-state index contributed by atoms with van der Waals surface area (Å²) < 4.78 is 13.3. The van der Waals surface area contributed by atoms with Crippen LogP contribution in [0, 0.1) is 5.82 Å². The molecule has 4 heteroatoms. The van der Waals surface area contributed by atoms with Crippen molar-refractivity contribution in [3.05, 3.63) is 35.6 Å². The second kappa shape index (κ2) is 8.25. The molecule has 1 aromatic rings. The minimum absolute atomic E-state index is 0.147. The Kier molecular flexibility index (Phi) is 6.99. The van der Waals surface area contributed by atoms with E-state index in [0.717, 1.165) is 25.1 Å². The molecule has 0 radical (unpaired) electrons. The molecule has 0 aliphatic rings. The standard InChI is InChI=1S/C15H25FN2O/c1-4-17-15(8-9-18(3)12(2)11-19)13-6-5-7-14(16)10-13/h5-7,10,12,15,17,19H,4,8-9,11H2,1-3H3. The molecule has 2 N–H and O–H groups in total. The van der Waals surface area contributed by atoms with Gasteiger partial charge in [0.05, 0.1) is 6.61 Å². The van der Waals surface area contributed by atoms with Crippen LogP contribution in [-0.4, -0.2) is 42.8 Å². The summed E-state index contributed by atoms with van der Waals surface area (Å²) in [6, 6.07) is 7.04. The largest absolute Gasteiger partial charge is 0.395 e. The van der Waals surface area contributed by atoms with Gasteiger partial charge in [0, 0.05) is 18.6 Å². The zero-order valence-corrected chi connectivity index (χ0v) is 12.1. The lowest BCUT2D eigenvalue weighted by Crippen LogP contribution is -2.35. The highest BCUT2D eigenvalue weighted by molar-refractivity contribution is 5.20. The van der Waals surface area contributed by atoms with E-state index in [9.17, 15) is 4.39 Å². The maximum atomic E-state index is 13.3. The number of aliphatic hydroxyl groups excluding tert-OH is 1. The van der Waals surface area contributed by atoms with Crippen molar-refractivity contribution in [2.75, 3.05) is 26.7 Å². The molecule has 19 heavy (non-hydrogen) atoms. The molecule has 108 valence electrons. The summed E-state index contributed by atoms with van der Waals surface area (Å²) in [6.45, 7) is 5.90. The topological polar surface area (TPSA) is 35.5 Å². The molecule has 0 saturated heterocycles. The van der Waals surface area contributed by atoms with Crippen molar-refractivity contribution in [3.8, 4) is 0 Å². The van der Waals surface area contributed by atoms with Crippen LogP contribution in [0.3, 0.4) is 0 Å². The molecule has 0 aliphatic carbocycles. The number of rotatable bonds is 8. The smallest absolute Gasteiger partial charge is 0.123 e. The van der Waals surface area contributed by atoms with Crippen LogP contribution in [0.5, 0.6) is 0 Å². The third-order valence-electron chi connectivity index (χ3n) is 3.49. The molecule has 3 nitrogen and oxygen atoms in total. The summed E-state index contributed by atoms with van der Waals surface area (Å²) in [6.07, 6.45) is 0.887. The quantitative estimate of drug-likeness (QED) is 0.758. The molecule has 0 heterocycles. The van der Waals surface area contributed by atoms with Crippen LogP contribution in [0.2, 0.25) is 0 Å². The zero-order valence-electron chi connectivity index (χ0n) is 12.1. The molecule has 0 bridgehead atoms. The normalized spacial score (nSPS) is 14.6. The van der Waals surface area contributed by atoms with Crippen LogP contribution in [0.4, 0.5) is 4.39 Å². The van der Waals surface area contributed by atoms with Crippen LogP contribution in [-0.2, 0) is 0 Å². The molecule has 0 amide bonds. The SMILES string of the molecule is CCNC(CCN(C)C(C)CO)c1cccc(F)c1. The lowest BCUT2D eigenvalue weighted by molar-refractivity contribution is 0.154. The first-order valence-electron chi connectivity index (χ1n) is 6.88. The van der Waals surface area contributed by atoms with Crippen molar-refractivity contribution in [1.82, 2.24) is 10.2 Å². The first-order chi connectivity index (χ1) is 9.08. The third-order valence-corrected chi connectivity index (χ3v) is 3.49. The van der Waals surface area contributed by atoms with Gasteiger partial charge in [-0.2, -0.15) is 0 Å². The van der Waals surface area contributed by atoms with Gasteiger partial charge >= 0.3 is 0 Å². The Morgan fingerprint density at radius 2 is 2.16 bits per heavy atom. The Hall–Kier alpha value is -0.970. The second-order valence-corrected chi connectivity index (χ2v) is 4.97. The fourth-order valence-corrected chi connectivity index (χ4v) is 2.05. The van der Waals surface area contributed by atoms with Gasteiger partial charge in [0.2, 0.25) is 0 Å². The summed E-state index contributed by atoms with van der Waals surface area (Å²) >= 11 is 0. The van der Waals surface area contributed by atoms with Gasteiger partial charge in [-0.1, -0.05) is 19.1 Å². The Morgan fingerprint density at radius 3 is 2.74 bits per heavy atom. The van der Waals surface area contributed by atoms with Crippen LogP contribution < -0.4 is 5.32 Å². The van der Waals surface area contributed by atoms with Crippen molar-refractivity contribution in [2.24, 2.45) is 0 Å². The predicted molar refractivity (Wildman–Crippen MR) is 76.6 cm³/mol. The van der Waals surface area contributed by atoms with Crippen molar-refractivity contribution in [3.63, 3.8) is 0 Å². The molecule has 0 saturated carbocycles. The van der Waals surface area contributed by atoms with Gasteiger partial charge in [0.25, 0.3) is 0 Å². The molecule has 2 unspecified atom stereocenters. The van der Waals surface area contributed by atoms with Gasteiger partial charge < -0.3 is 15.3 Å². The van der Waals surface area contributed by atoms with E-state index in [1.54, 1.807) is 12.1 Å². The molecule has 1 rings (SSSR count). The third kappa shape index (κ3) is 5.27. The number of hydrogen-bond donors (Lipinski definition) is 2. The summed E-state index contributed by atoms with van der Waals surface area (Å²) in [5.74, 6) is -0.197. The number of likely N-dealkylation sites (N-methyl/N-ethyl adjacent to an activating group) is 1. The average molecular weight is 268 g/mol. The number of halogens is 1. The van der Waals surface area contributed by atoms with Crippen molar-refractivity contribution in [2.45, 2.75) is 32.4 Å². The van der Waals surface area contributed by atoms with Gasteiger partial charge in [-0.3, -0.25) is 0 Å². The molecule has 2 atom stereocenters. The summed E-state index contributed by atoms with van der Waals surface area (Å²) in [4.78, 5) is 2.11. The van der Waals surface area contributed by atoms with E-state index in [1.807, 2.05) is 27.0 Å².